The second-order valence-corrected chi connectivity index (χ2v) is 5.38. The first kappa shape index (κ1) is 15.6. The summed E-state index contributed by atoms with van der Waals surface area (Å²) in [4.78, 5) is 33.5. The zero-order valence-corrected chi connectivity index (χ0v) is 13.4. The number of rotatable bonds is 3. The number of aromatic nitrogens is 3. The number of nitrogens with zero attached hydrogens (tertiary/aromatic N) is 3. The summed E-state index contributed by atoms with van der Waals surface area (Å²) in [6.45, 7) is 3.57. The zero-order valence-electron chi connectivity index (χ0n) is 13.4. The quantitative estimate of drug-likeness (QED) is 0.804. The highest BCUT2D eigenvalue weighted by Gasteiger charge is 2.17. The maximum atomic E-state index is 12.8. The summed E-state index contributed by atoms with van der Waals surface area (Å²) in [5.41, 5.74) is 1.73. The van der Waals surface area contributed by atoms with E-state index in [1.807, 2.05) is 13.0 Å². The Balaban J connectivity index is 2.03. The summed E-state index contributed by atoms with van der Waals surface area (Å²) in [5, 5.41) is 2.71. The smallest absolute Gasteiger partial charge is 0.268 e. The molecule has 6 heteroatoms. The van der Waals surface area contributed by atoms with E-state index in [2.05, 4.69) is 15.3 Å². The number of hydrogen-bond donors (Lipinski definition) is 1. The summed E-state index contributed by atoms with van der Waals surface area (Å²) in [6.07, 6.45) is 6.42. The van der Waals surface area contributed by atoms with Gasteiger partial charge in [0.25, 0.3) is 11.5 Å². The first-order valence-corrected chi connectivity index (χ1v) is 7.43. The van der Waals surface area contributed by atoms with Gasteiger partial charge in [-0.2, -0.15) is 0 Å². The van der Waals surface area contributed by atoms with Crippen molar-refractivity contribution >= 4 is 11.7 Å². The molecule has 0 aliphatic carbocycles. The van der Waals surface area contributed by atoms with Crippen LogP contribution in [0.25, 0.3) is 5.69 Å². The first-order chi connectivity index (χ1) is 11.6. The van der Waals surface area contributed by atoms with Gasteiger partial charge in [0.1, 0.15) is 11.4 Å². The SMILES string of the molecule is Cc1cccnc1NC(=O)c1c(C)ccn(-c2cccnc2)c1=O. The second kappa shape index (κ2) is 6.45. The number of carbonyl (C=O) groups excluding carboxylic acids is 1. The van der Waals surface area contributed by atoms with Gasteiger partial charge in [-0.15, -0.1) is 0 Å². The molecule has 6 nitrogen and oxygen atoms in total. The number of anilines is 1. The molecule has 0 saturated carbocycles. The molecule has 0 spiro atoms. The molecule has 0 radical (unpaired) electrons. The molecule has 3 heterocycles. The Morgan fingerprint density at radius 1 is 1.08 bits per heavy atom. The van der Waals surface area contributed by atoms with E-state index in [-0.39, 0.29) is 5.56 Å². The Bertz CT molecular complexity index is 949. The fourth-order valence-electron chi connectivity index (χ4n) is 2.39. The highest BCUT2D eigenvalue weighted by Crippen LogP contribution is 2.12. The van der Waals surface area contributed by atoms with E-state index < -0.39 is 11.5 Å². The molecule has 0 bridgehead atoms. The lowest BCUT2D eigenvalue weighted by atomic mass is 10.1. The maximum absolute atomic E-state index is 12.8. The summed E-state index contributed by atoms with van der Waals surface area (Å²) in [5.74, 6) is -0.0318. The third kappa shape index (κ3) is 2.94. The largest absolute Gasteiger partial charge is 0.306 e. The van der Waals surface area contributed by atoms with Crippen LogP contribution in [-0.2, 0) is 0 Å². The van der Waals surface area contributed by atoms with Crippen molar-refractivity contribution in [2.45, 2.75) is 13.8 Å². The number of amides is 1. The topological polar surface area (TPSA) is 76.9 Å². The first-order valence-electron chi connectivity index (χ1n) is 7.43. The van der Waals surface area contributed by atoms with Crippen LogP contribution in [0.4, 0.5) is 5.82 Å². The van der Waals surface area contributed by atoms with Crippen molar-refractivity contribution in [3.63, 3.8) is 0 Å². The monoisotopic (exact) mass is 320 g/mol. The predicted molar refractivity (Wildman–Crippen MR) is 91.5 cm³/mol. The lowest BCUT2D eigenvalue weighted by Crippen LogP contribution is -2.29. The maximum Gasteiger partial charge on any atom is 0.268 e. The van der Waals surface area contributed by atoms with Crippen molar-refractivity contribution < 1.29 is 4.79 Å². The van der Waals surface area contributed by atoms with Gasteiger partial charge in [-0.1, -0.05) is 6.07 Å². The summed E-state index contributed by atoms with van der Waals surface area (Å²) >= 11 is 0. The van der Waals surface area contributed by atoms with Crippen molar-refractivity contribution in [1.82, 2.24) is 14.5 Å². The van der Waals surface area contributed by atoms with E-state index in [1.165, 1.54) is 4.57 Å². The average Bonchev–Trinajstić information content (AvgIpc) is 2.58. The van der Waals surface area contributed by atoms with Gasteiger partial charge in [0.05, 0.1) is 11.9 Å². The molecule has 0 aliphatic rings. The molecule has 3 aromatic heterocycles. The van der Waals surface area contributed by atoms with E-state index in [9.17, 15) is 9.59 Å². The van der Waals surface area contributed by atoms with Gasteiger partial charge in [0.15, 0.2) is 0 Å². The Kier molecular flexibility index (Phi) is 4.20. The highest BCUT2D eigenvalue weighted by atomic mass is 16.2. The highest BCUT2D eigenvalue weighted by molar-refractivity contribution is 6.04. The predicted octanol–water partition coefficient (Wildman–Crippen LogP) is 2.50. The van der Waals surface area contributed by atoms with Crippen molar-refractivity contribution in [3.8, 4) is 5.69 Å². The fourth-order valence-corrected chi connectivity index (χ4v) is 2.39. The standard InChI is InChI=1S/C18H16N4O2/c1-12-7-10-22(14-6-4-8-19-11-14)18(24)15(12)17(23)21-16-13(2)5-3-9-20-16/h3-11H,1-2H3,(H,20,21,23). The Hall–Kier alpha value is -3.28. The molecule has 0 fully saturated rings. The number of pyridine rings is 3. The molecule has 120 valence electrons. The minimum atomic E-state index is -0.474. The molecule has 3 rings (SSSR count). The molecule has 1 N–H and O–H groups in total. The zero-order chi connectivity index (χ0) is 17.1. The van der Waals surface area contributed by atoms with Gasteiger partial charge < -0.3 is 5.32 Å². The van der Waals surface area contributed by atoms with Gasteiger partial charge in [-0.25, -0.2) is 4.98 Å². The normalized spacial score (nSPS) is 10.4. The van der Waals surface area contributed by atoms with Gasteiger partial charge in [0, 0.05) is 18.6 Å². The summed E-state index contributed by atoms with van der Waals surface area (Å²) in [6, 6.07) is 8.85. The van der Waals surface area contributed by atoms with E-state index in [4.69, 9.17) is 0 Å². The van der Waals surface area contributed by atoms with E-state index in [1.54, 1.807) is 56.0 Å². The van der Waals surface area contributed by atoms with E-state index >= 15 is 0 Å². The van der Waals surface area contributed by atoms with Gasteiger partial charge in [-0.05, 0) is 49.2 Å². The van der Waals surface area contributed by atoms with Crippen LogP contribution in [0.3, 0.4) is 0 Å². The van der Waals surface area contributed by atoms with E-state index in [0.29, 0.717) is 17.1 Å². The number of nitrogens with one attached hydrogen (secondary N) is 1. The lowest BCUT2D eigenvalue weighted by Gasteiger charge is -2.11. The van der Waals surface area contributed by atoms with E-state index in [0.717, 1.165) is 5.56 Å². The molecule has 0 saturated heterocycles. The Morgan fingerprint density at radius 2 is 1.88 bits per heavy atom. The van der Waals surface area contributed by atoms with Crippen LogP contribution in [0.2, 0.25) is 0 Å². The Morgan fingerprint density at radius 3 is 2.58 bits per heavy atom. The van der Waals surface area contributed by atoms with Crippen molar-refractivity contribution in [2.75, 3.05) is 5.32 Å². The molecule has 0 aliphatic heterocycles. The minimum absolute atomic E-state index is 0.0893. The molecule has 3 aromatic rings. The summed E-state index contributed by atoms with van der Waals surface area (Å²) < 4.78 is 1.40. The van der Waals surface area contributed by atoms with Crippen molar-refractivity contribution in [1.29, 1.82) is 0 Å². The number of carbonyl (C=O) groups is 1. The molecule has 0 unspecified atom stereocenters. The van der Waals surface area contributed by atoms with Crippen LogP contribution < -0.4 is 10.9 Å². The summed E-state index contributed by atoms with van der Waals surface area (Å²) in [7, 11) is 0. The van der Waals surface area contributed by atoms with Crippen LogP contribution in [0, 0.1) is 13.8 Å². The van der Waals surface area contributed by atoms with Gasteiger partial charge in [-0.3, -0.25) is 19.1 Å². The van der Waals surface area contributed by atoms with Crippen LogP contribution in [0.15, 0.2) is 59.9 Å². The van der Waals surface area contributed by atoms with Crippen LogP contribution >= 0.6 is 0 Å². The Labute approximate surface area is 138 Å². The number of hydrogen-bond acceptors (Lipinski definition) is 4. The number of aryl methyl sites for hydroxylation is 2. The molecule has 1 amide bonds. The molecular weight excluding hydrogens is 304 g/mol. The third-order valence-electron chi connectivity index (χ3n) is 3.69. The lowest BCUT2D eigenvalue weighted by molar-refractivity contribution is 0.102. The second-order valence-electron chi connectivity index (χ2n) is 5.38. The molecular formula is C18H16N4O2. The average molecular weight is 320 g/mol. The van der Waals surface area contributed by atoms with Crippen LogP contribution in [0.1, 0.15) is 21.5 Å². The molecule has 0 aromatic carbocycles. The van der Waals surface area contributed by atoms with Gasteiger partial charge in [0.2, 0.25) is 0 Å². The molecule has 0 atom stereocenters. The molecule has 24 heavy (non-hydrogen) atoms. The van der Waals surface area contributed by atoms with Crippen LogP contribution in [-0.4, -0.2) is 20.4 Å². The fraction of sp³-hybridized carbons (Fsp3) is 0.111. The van der Waals surface area contributed by atoms with Gasteiger partial charge >= 0.3 is 0 Å². The minimum Gasteiger partial charge on any atom is -0.306 e. The van der Waals surface area contributed by atoms with Crippen LogP contribution in [0.5, 0.6) is 0 Å². The van der Waals surface area contributed by atoms with Crippen molar-refractivity contribution in [3.05, 3.63) is 82.2 Å². The van der Waals surface area contributed by atoms with Crippen molar-refractivity contribution in [2.24, 2.45) is 0 Å². The third-order valence-corrected chi connectivity index (χ3v) is 3.69.